The molecule has 0 radical (unpaired) electrons. The monoisotopic (exact) mass is 408 g/mol. The lowest BCUT2D eigenvalue weighted by molar-refractivity contribution is -0.125. The lowest BCUT2D eigenvalue weighted by atomic mass is 9.87. The van der Waals surface area contributed by atoms with E-state index in [1.54, 1.807) is 6.07 Å². The zero-order valence-corrected chi connectivity index (χ0v) is 17.0. The fourth-order valence-corrected chi connectivity index (χ4v) is 5.98. The number of sulfonamides is 1. The fraction of sp³-hybridized carbons (Fsp3) is 0.650. The lowest BCUT2D eigenvalue weighted by Crippen LogP contribution is -2.49. The van der Waals surface area contributed by atoms with Crippen molar-refractivity contribution in [1.29, 1.82) is 0 Å². The highest BCUT2D eigenvalue weighted by molar-refractivity contribution is 7.89. The second-order valence-corrected chi connectivity index (χ2v) is 9.94. The van der Waals surface area contributed by atoms with Crippen LogP contribution in [-0.2, 0) is 14.8 Å². The predicted octanol–water partition coefficient (Wildman–Crippen LogP) is 2.31. The Labute approximate surface area is 166 Å². The van der Waals surface area contributed by atoms with Gasteiger partial charge < -0.3 is 14.8 Å². The molecule has 0 unspecified atom stereocenters. The number of carbonyl (C=O) groups is 1. The molecule has 3 aliphatic rings. The molecule has 1 aromatic rings. The number of fused-ring (bicyclic) bond motifs is 1. The summed E-state index contributed by atoms with van der Waals surface area (Å²) in [5.74, 6) is 1.51. The molecule has 7 nitrogen and oxygen atoms in total. The van der Waals surface area contributed by atoms with Crippen LogP contribution in [-0.4, -0.2) is 50.5 Å². The molecule has 1 aromatic carbocycles. The Kier molecular flexibility index (Phi) is 5.51. The molecule has 0 spiro atoms. The summed E-state index contributed by atoms with van der Waals surface area (Å²) in [6, 6.07) is 4.16. The average Bonchev–Trinajstić information content (AvgIpc) is 3.20. The van der Waals surface area contributed by atoms with Crippen molar-refractivity contribution in [3.63, 3.8) is 0 Å². The van der Waals surface area contributed by atoms with Crippen LogP contribution in [0, 0.1) is 5.92 Å². The first-order chi connectivity index (χ1) is 13.4. The molecule has 1 saturated heterocycles. The molecule has 4 rings (SSSR count). The van der Waals surface area contributed by atoms with E-state index in [0.717, 1.165) is 25.7 Å². The number of ether oxygens (including phenoxy) is 2. The highest BCUT2D eigenvalue weighted by Crippen LogP contribution is 2.35. The van der Waals surface area contributed by atoms with Crippen molar-refractivity contribution in [2.45, 2.75) is 62.4 Å². The van der Waals surface area contributed by atoms with Gasteiger partial charge in [-0.2, -0.15) is 4.31 Å². The largest absolute Gasteiger partial charge is 0.486 e. The van der Waals surface area contributed by atoms with Gasteiger partial charge in [0.1, 0.15) is 19.3 Å². The fourth-order valence-electron chi connectivity index (χ4n) is 4.31. The van der Waals surface area contributed by atoms with E-state index in [0.29, 0.717) is 50.0 Å². The lowest BCUT2D eigenvalue weighted by Gasteiger charge is -2.30. The molecule has 0 bridgehead atoms. The minimum atomic E-state index is -3.78. The van der Waals surface area contributed by atoms with Crippen molar-refractivity contribution in [2.24, 2.45) is 5.92 Å². The Morgan fingerprint density at radius 2 is 1.79 bits per heavy atom. The van der Waals surface area contributed by atoms with E-state index < -0.39 is 16.1 Å². The van der Waals surface area contributed by atoms with Gasteiger partial charge in [-0.15, -0.1) is 0 Å². The summed E-state index contributed by atoms with van der Waals surface area (Å²) in [5, 5.41) is 3.10. The first kappa shape index (κ1) is 19.5. The number of nitrogens with one attached hydrogen (secondary N) is 1. The Balaban J connectivity index is 1.49. The number of nitrogens with zero attached hydrogens (tertiary/aromatic N) is 1. The molecule has 8 heteroatoms. The van der Waals surface area contributed by atoms with E-state index in [2.05, 4.69) is 12.2 Å². The van der Waals surface area contributed by atoms with Gasteiger partial charge >= 0.3 is 0 Å². The van der Waals surface area contributed by atoms with Gasteiger partial charge in [0.15, 0.2) is 11.5 Å². The van der Waals surface area contributed by atoms with E-state index in [4.69, 9.17) is 9.47 Å². The third-order valence-corrected chi connectivity index (χ3v) is 7.89. The van der Waals surface area contributed by atoms with Crippen molar-refractivity contribution in [1.82, 2.24) is 9.62 Å². The van der Waals surface area contributed by atoms with Gasteiger partial charge in [-0.3, -0.25) is 4.79 Å². The number of amides is 1. The van der Waals surface area contributed by atoms with E-state index >= 15 is 0 Å². The minimum absolute atomic E-state index is 0.142. The predicted molar refractivity (Wildman–Crippen MR) is 104 cm³/mol. The van der Waals surface area contributed by atoms with Gasteiger partial charge in [-0.05, 0) is 56.6 Å². The summed E-state index contributed by atoms with van der Waals surface area (Å²) < 4.78 is 38.8. The third-order valence-electron chi connectivity index (χ3n) is 5.99. The van der Waals surface area contributed by atoms with E-state index in [1.807, 2.05) is 0 Å². The standard InChI is InChI=1S/C20H28N2O5S/c1-14-4-6-15(7-5-14)21-20(23)17-3-2-10-22(17)28(24,25)16-8-9-18-19(13-16)27-12-11-26-18/h8-9,13-15,17H,2-7,10-12H2,1H3,(H,21,23)/t14?,15?,17-/m0/s1. The van der Waals surface area contributed by atoms with Crippen LogP contribution in [0.2, 0.25) is 0 Å². The molecule has 0 aromatic heterocycles. The van der Waals surface area contributed by atoms with Crippen molar-refractivity contribution in [3.05, 3.63) is 18.2 Å². The van der Waals surface area contributed by atoms with Crippen LogP contribution < -0.4 is 14.8 Å². The SMILES string of the molecule is CC1CCC(NC(=O)[C@@H]2CCCN2S(=O)(=O)c2ccc3c(c2)OCCO3)CC1. The Morgan fingerprint density at radius 3 is 2.54 bits per heavy atom. The summed E-state index contributed by atoms with van der Waals surface area (Å²) >= 11 is 0. The molecule has 2 heterocycles. The summed E-state index contributed by atoms with van der Waals surface area (Å²) in [6.07, 6.45) is 5.38. The summed E-state index contributed by atoms with van der Waals surface area (Å²) in [7, 11) is -3.78. The summed E-state index contributed by atoms with van der Waals surface area (Å²) in [4.78, 5) is 13.0. The van der Waals surface area contributed by atoms with Crippen LogP contribution in [0.25, 0.3) is 0 Å². The quantitative estimate of drug-likeness (QED) is 0.826. The van der Waals surface area contributed by atoms with E-state index in [1.165, 1.54) is 16.4 Å². The highest BCUT2D eigenvalue weighted by atomic mass is 32.2. The third kappa shape index (κ3) is 3.85. The molecule has 1 amide bonds. The van der Waals surface area contributed by atoms with Gasteiger partial charge in [-0.25, -0.2) is 8.42 Å². The van der Waals surface area contributed by atoms with E-state index in [9.17, 15) is 13.2 Å². The van der Waals surface area contributed by atoms with Gasteiger partial charge in [0.2, 0.25) is 15.9 Å². The molecular weight excluding hydrogens is 380 g/mol. The average molecular weight is 409 g/mol. The molecule has 2 aliphatic heterocycles. The van der Waals surface area contributed by atoms with Crippen LogP contribution in [0.4, 0.5) is 0 Å². The number of benzene rings is 1. The Bertz CT molecular complexity index is 833. The number of carbonyl (C=O) groups excluding carboxylic acids is 1. The van der Waals surface area contributed by atoms with Gasteiger partial charge in [0.05, 0.1) is 4.90 Å². The van der Waals surface area contributed by atoms with Crippen LogP contribution in [0.5, 0.6) is 11.5 Å². The first-order valence-corrected chi connectivity index (χ1v) is 11.6. The van der Waals surface area contributed by atoms with Crippen molar-refractivity contribution < 1.29 is 22.7 Å². The smallest absolute Gasteiger partial charge is 0.243 e. The molecule has 2 fully saturated rings. The molecule has 154 valence electrons. The topological polar surface area (TPSA) is 84.9 Å². The molecule has 1 atom stereocenters. The maximum atomic E-state index is 13.2. The second kappa shape index (κ2) is 7.91. The maximum absolute atomic E-state index is 13.2. The molecule has 28 heavy (non-hydrogen) atoms. The van der Waals surface area contributed by atoms with Crippen LogP contribution in [0.15, 0.2) is 23.1 Å². The summed E-state index contributed by atoms with van der Waals surface area (Å²) in [5.41, 5.74) is 0. The zero-order chi connectivity index (χ0) is 19.7. The van der Waals surface area contributed by atoms with Crippen molar-refractivity contribution in [3.8, 4) is 11.5 Å². The van der Waals surface area contributed by atoms with Gasteiger partial charge in [0.25, 0.3) is 0 Å². The first-order valence-electron chi connectivity index (χ1n) is 10.2. The molecular formula is C20H28N2O5S. The maximum Gasteiger partial charge on any atom is 0.243 e. The van der Waals surface area contributed by atoms with Crippen LogP contribution in [0.1, 0.15) is 45.4 Å². The van der Waals surface area contributed by atoms with E-state index in [-0.39, 0.29) is 16.8 Å². The second-order valence-electron chi connectivity index (χ2n) is 8.04. The van der Waals surface area contributed by atoms with Crippen LogP contribution in [0.3, 0.4) is 0 Å². The number of rotatable bonds is 4. The van der Waals surface area contributed by atoms with Crippen molar-refractivity contribution in [2.75, 3.05) is 19.8 Å². The highest BCUT2D eigenvalue weighted by Gasteiger charge is 2.40. The minimum Gasteiger partial charge on any atom is -0.486 e. The van der Waals surface area contributed by atoms with Crippen molar-refractivity contribution >= 4 is 15.9 Å². The van der Waals surface area contributed by atoms with Gasteiger partial charge in [-0.1, -0.05) is 6.92 Å². The molecule has 1 N–H and O–H groups in total. The Hall–Kier alpha value is -1.80. The zero-order valence-electron chi connectivity index (χ0n) is 16.2. The summed E-state index contributed by atoms with van der Waals surface area (Å²) in [6.45, 7) is 3.44. The van der Waals surface area contributed by atoms with Crippen LogP contribution >= 0.6 is 0 Å². The molecule has 1 aliphatic carbocycles. The normalized spacial score (nSPS) is 28.1. The van der Waals surface area contributed by atoms with Gasteiger partial charge in [0, 0.05) is 18.7 Å². The number of hydrogen-bond acceptors (Lipinski definition) is 5. The molecule has 1 saturated carbocycles. The Morgan fingerprint density at radius 1 is 1.07 bits per heavy atom. The number of hydrogen-bond donors (Lipinski definition) is 1.